The Kier molecular flexibility index (Phi) is 5.43. The first-order valence-electron chi connectivity index (χ1n) is 11.9. The van der Waals surface area contributed by atoms with E-state index in [4.69, 9.17) is 16.3 Å². The maximum absolute atomic E-state index is 15.3. The van der Waals surface area contributed by atoms with Gasteiger partial charge in [-0.15, -0.1) is 0 Å². The first-order valence-corrected chi connectivity index (χ1v) is 12.3. The highest BCUT2D eigenvalue weighted by Crippen LogP contribution is 2.45. The summed E-state index contributed by atoms with van der Waals surface area (Å²) in [7, 11) is 0. The highest BCUT2D eigenvalue weighted by atomic mass is 35.5. The zero-order chi connectivity index (χ0) is 25.0. The number of nitrogens with zero attached hydrogens (tertiary/aromatic N) is 2. The number of nitrogens with one attached hydrogen (secondary N) is 1. The highest BCUT2D eigenvalue weighted by molar-refractivity contribution is 6.31. The number of ether oxygens (including phenoxy) is 1. The van der Waals surface area contributed by atoms with Crippen LogP contribution in [0.2, 0.25) is 5.02 Å². The molecule has 2 aliphatic rings. The number of benzene rings is 2. The molecule has 2 aromatic heterocycles. The van der Waals surface area contributed by atoms with Gasteiger partial charge < -0.3 is 14.6 Å². The number of rotatable bonds is 4. The third-order valence-electron chi connectivity index (χ3n) is 7.18. The zero-order valence-electron chi connectivity index (χ0n) is 19.6. The van der Waals surface area contributed by atoms with Gasteiger partial charge in [0.1, 0.15) is 11.4 Å². The predicted octanol–water partition coefficient (Wildman–Crippen LogP) is 5.17. The Morgan fingerprint density at radius 2 is 2.00 bits per heavy atom. The van der Waals surface area contributed by atoms with Gasteiger partial charge in [0.05, 0.1) is 16.6 Å². The van der Waals surface area contributed by atoms with E-state index < -0.39 is 23.2 Å². The molecule has 1 saturated heterocycles. The molecule has 2 aliphatic heterocycles. The monoisotopic (exact) mass is 503 g/mol. The summed E-state index contributed by atoms with van der Waals surface area (Å²) in [5, 5.41) is 4.41. The second kappa shape index (κ2) is 8.54. The van der Waals surface area contributed by atoms with Gasteiger partial charge in [0.25, 0.3) is 0 Å². The van der Waals surface area contributed by atoms with Crippen LogP contribution < -0.4 is 5.32 Å². The Morgan fingerprint density at radius 3 is 2.78 bits per heavy atom. The third kappa shape index (κ3) is 3.62. The third-order valence-corrected chi connectivity index (χ3v) is 7.41. The predicted molar refractivity (Wildman–Crippen MR) is 134 cm³/mol. The second-order valence-corrected chi connectivity index (χ2v) is 9.88. The van der Waals surface area contributed by atoms with Crippen LogP contribution in [0.5, 0.6) is 0 Å². The largest absolute Gasteiger partial charge is 0.450 e. The van der Waals surface area contributed by atoms with Crippen molar-refractivity contribution in [3.8, 4) is 0 Å². The van der Waals surface area contributed by atoms with Crippen molar-refractivity contribution in [3.63, 3.8) is 0 Å². The molecule has 0 radical (unpaired) electrons. The summed E-state index contributed by atoms with van der Waals surface area (Å²) >= 11 is 6.29. The van der Waals surface area contributed by atoms with E-state index in [1.54, 1.807) is 36.7 Å². The van der Waals surface area contributed by atoms with Gasteiger partial charge in [-0.25, -0.2) is 9.18 Å². The number of halogens is 2. The summed E-state index contributed by atoms with van der Waals surface area (Å²) in [4.78, 5) is 31.2. The fourth-order valence-electron chi connectivity index (χ4n) is 5.49. The molecule has 4 heterocycles. The molecule has 0 bridgehead atoms. The van der Waals surface area contributed by atoms with Crippen molar-refractivity contribution in [2.75, 3.05) is 13.1 Å². The SMILES string of the molecule is Cc1cc(Cn2cc(C(=O)c3c(F)ccc4c3C(=O)OC43CCNCC3)c3ccc(Cl)cc32)ccn1. The van der Waals surface area contributed by atoms with Gasteiger partial charge in [-0.1, -0.05) is 23.7 Å². The molecule has 4 aromatic rings. The Balaban J connectivity index is 1.49. The zero-order valence-corrected chi connectivity index (χ0v) is 20.4. The number of hydrogen-bond acceptors (Lipinski definition) is 5. The summed E-state index contributed by atoms with van der Waals surface area (Å²) in [5.74, 6) is -1.93. The molecule has 0 saturated carbocycles. The number of aromatic nitrogens is 2. The Hall–Kier alpha value is -3.55. The van der Waals surface area contributed by atoms with Gasteiger partial charge in [0.2, 0.25) is 0 Å². The molecule has 8 heteroatoms. The van der Waals surface area contributed by atoms with Crippen LogP contribution in [0.3, 0.4) is 0 Å². The van der Waals surface area contributed by atoms with Crippen molar-refractivity contribution < 1.29 is 18.7 Å². The lowest BCUT2D eigenvalue weighted by Gasteiger charge is -2.33. The molecule has 182 valence electrons. The molecular weight excluding hydrogens is 481 g/mol. The normalized spacial score (nSPS) is 16.4. The van der Waals surface area contributed by atoms with Crippen LogP contribution in [0.15, 0.2) is 54.9 Å². The number of hydrogen-bond donors (Lipinski definition) is 1. The van der Waals surface area contributed by atoms with E-state index in [0.29, 0.717) is 54.0 Å². The Labute approximate surface area is 212 Å². The molecule has 2 aromatic carbocycles. The number of esters is 1. The minimum atomic E-state index is -0.818. The van der Waals surface area contributed by atoms with Crippen molar-refractivity contribution in [1.29, 1.82) is 0 Å². The second-order valence-electron chi connectivity index (χ2n) is 9.45. The minimum Gasteiger partial charge on any atom is -0.450 e. The molecule has 1 spiro atoms. The number of carbonyl (C=O) groups is 2. The van der Waals surface area contributed by atoms with E-state index in [2.05, 4.69) is 10.3 Å². The molecule has 1 fully saturated rings. The number of piperidine rings is 1. The van der Waals surface area contributed by atoms with E-state index in [-0.39, 0.29) is 11.1 Å². The van der Waals surface area contributed by atoms with Crippen LogP contribution in [0.1, 0.15) is 55.9 Å². The minimum absolute atomic E-state index is 0.0431. The molecule has 1 N–H and O–H groups in total. The molecule has 0 amide bonds. The van der Waals surface area contributed by atoms with Crippen LogP contribution in [0, 0.1) is 12.7 Å². The van der Waals surface area contributed by atoms with Crippen LogP contribution in [0.4, 0.5) is 4.39 Å². The number of carbonyl (C=O) groups excluding carboxylic acids is 2. The lowest BCUT2D eigenvalue weighted by Crippen LogP contribution is -2.40. The van der Waals surface area contributed by atoms with Gasteiger partial charge in [-0.3, -0.25) is 9.78 Å². The molecule has 6 rings (SSSR count). The fraction of sp³-hybridized carbons (Fsp3) is 0.250. The number of ketones is 1. The van der Waals surface area contributed by atoms with Crippen LogP contribution >= 0.6 is 11.6 Å². The van der Waals surface area contributed by atoms with Gasteiger partial charge in [0.15, 0.2) is 5.78 Å². The first kappa shape index (κ1) is 22.9. The van der Waals surface area contributed by atoms with E-state index in [1.165, 1.54) is 6.07 Å². The lowest BCUT2D eigenvalue weighted by molar-refractivity contribution is -0.0242. The molecule has 0 unspecified atom stereocenters. The van der Waals surface area contributed by atoms with Gasteiger partial charge >= 0.3 is 5.97 Å². The number of fused-ring (bicyclic) bond motifs is 3. The summed E-state index contributed by atoms with van der Waals surface area (Å²) in [6, 6.07) is 12.0. The average Bonchev–Trinajstić information content (AvgIpc) is 3.33. The number of aryl methyl sites for hydroxylation is 1. The van der Waals surface area contributed by atoms with Crippen molar-refractivity contribution >= 4 is 34.3 Å². The Bertz CT molecular complexity index is 1560. The molecular formula is C28H23ClFN3O3. The first-order chi connectivity index (χ1) is 17.4. The summed E-state index contributed by atoms with van der Waals surface area (Å²) < 4.78 is 23.0. The summed E-state index contributed by atoms with van der Waals surface area (Å²) in [6.07, 6.45) is 4.60. The smallest absolute Gasteiger partial charge is 0.340 e. The lowest BCUT2D eigenvalue weighted by atomic mass is 9.82. The van der Waals surface area contributed by atoms with Crippen molar-refractivity contribution in [2.24, 2.45) is 0 Å². The van der Waals surface area contributed by atoms with Gasteiger partial charge in [-0.2, -0.15) is 0 Å². The average molecular weight is 504 g/mol. The van der Waals surface area contributed by atoms with Crippen LogP contribution in [0.25, 0.3) is 10.9 Å². The topological polar surface area (TPSA) is 73.2 Å². The van der Waals surface area contributed by atoms with Crippen molar-refractivity contribution in [1.82, 2.24) is 14.9 Å². The fourth-order valence-corrected chi connectivity index (χ4v) is 5.65. The summed E-state index contributed by atoms with van der Waals surface area (Å²) in [6.45, 7) is 3.74. The van der Waals surface area contributed by atoms with Crippen LogP contribution in [-0.2, 0) is 16.9 Å². The highest BCUT2D eigenvalue weighted by Gasteiger charge is 2.48. The van der Waals surface area contributed by atoms with Crippen molar-refractivity contribution in [2.45, 2.75) is 31.9 Å². The van der Waals surface area contributed by atoms with E-state index >= 15 is 4.39 Å². The van der Waals surface area contributed by atoms with E-state index in [0.717, 1.165) is 16.8 Å². The molecule has 6 nitrogen and oxygen atoms in total. The Morgan fingerprint density at radius 1 is 1.19 bits per heavy atom. The quantitative estimate of drug-likeness (QED) is 0.307. The molecule has 36 heavy (non-hydrogen) atoms. The van der Waals surface area contributed by atoms with Crippen molar-refractivity contribution in [3.05, 3.63) is 99.2 Å². The van der Waals surface area contributed by atoms with Gasteiger partial charge in [-0.05, 0) is 55.9 Å². The molecule has 0 atom stereocenters. The maximum atomic E-state index is 15.3. The van der Waals surface area contributed by atoms with Crippen LogP contribution in [-0.4, -0.2) is 34.4 Å². The number of pyridine rings is 1. The van der Waals surface area contributed by atoms with E-state index in [9.17, 15) is 9.59 Å². The molecule has 0 aliphatic carbocycles. The standard InChI is InChI=1S/C28H23ClFN3O3/c1-16-12-17(6-9-32-16)14-33-15-20(19-3-2-18(29)13-23(19)33)26(34)25-22(30)5-4-21-24(25)27(35)36-28(21)7-10-31-11-8-28/h2-6,9,12-13,15,31H,7-8,10-11,14H2,1H3. The van der Waals surface area contributed by atoms with E-state index in [1.807, 2.05) is 23.6 Å². The maximum Gasteiger partial charge on any atom is 0.340 e. The van der Waals surface area contributed by atoms with Gasteiger partial charge in [0, 0.05) is 59.0 Å². The summed E-state index contributed by atoms with van der Waals surface area (Å²) in [5.41, 5.74) is 2.51.